The minimum absolute atomic E-state index is 0.00958. The van der Waals surface area contributed by atoms with Crippen molar-refractivity contribution in [2.45, 2.75) is 58.5 Å². The maximum atomic E-state index is 12.3. The van der Waals surface area contributed by atoms with Crippen molar-refractivity contribution in [2.24, 2.45) is 5.73 Å². The fourth-order valence-corrected chi connectivity index (χ4v) is 1.79. The molecule has 0 atom stereocenters. The number of amides is 3. The number of nitrogens with two attached hydrogens (primary N) is 1. The zero-order chi connectivity index (χ0) is 16.1. The summed E-state index contributed by atoms with van der Waals surface area (Å²) in [6.45, 7) is 8.92. The van der Waals surface area contributed by atoms with Crippen LogP contribution in [0.15, 0.2) is 0 Å². The van der Waals surface area contributed by atoms with Crippen LogP contribution in [0.2, 0.25) is 0 Å². The summed E-state index contributed by atoms with van der Waals surface area (Å²) in [6.07, 6.45) is -0.128. The molecule has 0 saturated carbocycles. The normalized spacial score (nSPS) is 11.8. The minimum atomic E-state index is -0.969. The first-order chi connectivity index (χ1) is 8.85. The van der Waals surface area contributed by atoms with Crippen LogP contribution in [0.4, 0.5) is 4.79 Å². The molecule has 0 aliphatic rings. The van der Waals surface area contributed by atoms with Crippen molar-refractivity contribution in [3.8, 4) is 0 Å². The minimum Gasteiger partial charge on any atom is -0.481 e. The van der Waals surface area contributed by atoms with Crippen LogP contribution in [-0.2, 0) is 9.59 Å². The maximum absolute atomic E-state index is 12.3. The maximum Gasteiger partial charge on any atom is 0.318 e. The molecule has 0 aromatic heterocycles. The molecule has 20 heavy (non-hydrogen) atoms. The van der Waals surface area contributed by atoms with Gasteiger partial charge in [-0.1, -0.05) is 0 Å². The molecule has 4 N–H and O–H groups in total. The summed E-state index contributed by atoms with van der Waals surface area (Å²) in [6, 6.07) is -0.412. The number of carboxylic acid groups (broad SMARTS) is 1. The third-order valence-corrected chi connectivity index (χ3v) is 2.67. The predicted molar refractivity (Wildman–Crippen MR) is 75.1 cm³/mol. The van der Waals surface area contributed by atoms with Gasteiger partial charge >= 0.3 is 12.0 Å². The van der Waals surface area contributed by atoms with Gasteiger partial charge in [-0.15, -0.1) is 0 Å². The summed E-state index contributed by atoms with van der Waals surface area (Å²) in [5, 5.41) is 11.5. The van der Waals surface area contributed by atoms with Crippen molar-refractivity contribution in [1.82, 2.24) is 10.2 Å². The summed E-state index contributed by atoms with van der Waals surface area (Å²) < 4.78 is 0. The van der Waals surface area contributed by atoms with E-state index in [1.54, 1.807) is 13.8 Å². The zero-order valence-corrected chi connectivity index (χ0v) is 12.8. The molecule has 116 valence electrons. The summed E-state index contributed by atoms with van der Waals surface area (Å²) in [4.78, 5) is 35.3. The molecule has 0 radical (unpaired) electrons. The van der Waals surface area contributed by atoms with Crippen LogP contribution in [0.5, 0.6) is 0 Å². The van der Waals surface area contributed by atoms with E-state index in [1.807, 2.05) is 20.8 Å². The average molecular weight is 287 g/mol. The second-order valence-electron chi connectivity index (χ2n) is 6.42. The molecular formula is C13H25N3O4. The third kappa shape index (κ3) is 6.96. The van der Waals surface area contributed by atoms with Gasteiger partial charge in [0.1, 0.15) is 0 Å². The molecule has 0 rings (SSSR count). The van der Waals surface area contributed by atoms with E-state index in [1.165, 1.54) is 4.90 Å². The van der Waals surface area contributed by atoms with Gasteiger partial charge in [0.2, 0.25) is 5.91 Å². The first kappa shape index (κ1) is 18.2. The number of urea groups is 1. The SMILES string of the molecule is CC(C)(CC(N)=O)NC(=O)N(CCC(=O)O)C(C)(C)C. The van der Waals surface area contributed by atoms with Crippen molar-refractivity contribution in [3.05, 3.63) is 0 Å². The van der Waals surface area contributed by atoms with Crippen LogP contribution in [0.3, 0.4) is 0 Å². The van der Waals surface area contributed by atoms with Crippen molar-refractivity contribution < 1.29 is 19.5 Å². The molecule has 0 aliphatic heterocycles. The van der Waals surface area contributed by atoms with Gasteiger partial charge in [-0.25, -0.2) is 4.79 Å². The summed E-state index contributed by atoms with van der Waals surface area (Å²) in [7, 11) is 0. The third-order valence-electron chi connectivity index (χ3n) is 2.67. The molecule has 3 amide bonds. The Labute approximate surface area is 119 Å². The molecule has 0 heterocycles. The highest BCUT2D eigenvalue weighted by molar-refractivity contribution is 5.79. The number of primary amides is 1. The molecule has 0 saturated heterocycles. The molecule has 0 fully saturated rings. The van der Waals surface area contributed by atoms with E-state index in [4.69, 9.17) is 10.8 Å². The highest BCUT2D eigenvalue weighted by Crippen LogP contribution is 2.16. The number of rotatable bonds is 6. The van der Waals surface area contributed by atoms with E-state index in [0.29, 0.717) is 0 Å². The fraction of sp³-hybridized carbons (Fsp3) is 0.769. The largest absolute Gasteiger partial charge is 0.481 e. The monoisotopic (exact) mass is 287 g/mol. The number of nitrogens with one attached hydrogen (secondary N) is 1. The van der Waals surface area contributed by atoms with Crippen molar-refractivity contribution >= 4 is 17.9 Å². The number of nitrogens with zero attached hydrogens (tertiary/aromatic N) is 1. The first-order valence-electron chi connectivity index (χ1n) is 6.45. The van der Waals surface area contributed by atoms with Gasteiger partial charge in [-0.3, -0.25) is 9.59 Å². The van der Waals surface area contributed by atoms with Crippen LogP contribution in [0.1, 0.15) is 47.5 Å². The lowest BCUT2D eigenvalue weighted by molar-refractivity contribution is -0.137. The molecule has 0 bridgehead atoms. The Morgan fingerprint density at radius 3 is 2.00 bits per heavy atom. The Balaban J connectivity index is 4.88. The molecule has 0 aromatic rings. The van der Waals surface area contributed by atoms with Crippen LogP contribution in [0, 0.1) is 0 Å². The number of aliphatic carboxylic acids is 1. The van der Waals surface area contributed by atoms with Gasteiger partial charge < -0.3 is 21.1 Å². The average Bonchev–Trinajstić information content (AvgIpc) is 2.10. The second kappa shape index (κ2) is 6.58. The summed E-state index contributed by atoms with van der Waals surface area (Å²) >= 11 is 0. The molecule has 7 heteroatoms. The van der Waals surface area contributed by atoms with Crippen LogP contribution >= 0.6 is 0 Å². The van der Waals surface area contributed by atoms with Gasteiger partial charge in [0, 0.05) is 24.0 Å². The van der Waals surface area contributed by atoms with Gasteiger partial charge in [0.15, 0.2) is 0 Å². The Morgan fingerprint density at radius 2 is 1.65 bits per heavy atom. The Bertz CT molecular complexity index is 386. The zero-order valence-electron chi connectivity index (χ0n) is 12.8. The van der Waals surface area contributed by atoms with Crippen LogP contribution in [-0.4, -0.2) is 45.5 Å². The lowest BCUT2D eigenvalue weighted by atomic mass is 10.00. The number of hydrogen-bond donors (Lipinski definition) is 3. The second-order valence-corrected chi connectivity index (χ2v) is 6.42. The molecule has 0 unspecified atom stereocenters. The molecule has 0 aromatic carbocycles. The van der Waals surface area contributed by atoms with Gasteiger partial charge in [-0.2, -0.15) is 0 Å². The van der Waals surface area contributed by atoms with E-state index in [-0.39, 0.29) is 19.4 Å². The van der Waals surface area contributed by atoms with Crippen LogP contribution in [0.25, 0.3) is 0 Å². The van der Waals surface area contributed by atoms with Gasteiger partial charge in [0.05, 0.1) is 6.42 Å². The van der Waals surface area contributed by atoms with Crippen molar-refractivity contribution in [3.63, 3.8) is 0 Å². The smallest absolute Gasteiger partial charge is 0.318 e. The lowest BCUT2D eigenvalue weighted by Gasteiger charge is -2.38. The van der Waals surface area contributed by atoms with Crippen molar-refractivity contribution in [1.29, 1.82) is 0 Å². The standard InChI is InChI=1S/C13H25N3O4/c1-12(2,3)16(7-6-10(18)19)11(20)15-13(4,5)8-9(14)17/h6-8H2,1-5H3,(H2,14,17)(H,15,20)(H,18,19). The quantitative estimate of drug-likeness (QED) is 0.674. The molecular weight excluding hydrogens is 262 g/mol. The highest BCUT2D eigenvalue weighted by Gasteiger charge is 2.31. The number of carbonyl (C=O) groups is 3. The number of carbonyl (C=O) groups excluding carboxylic acids is 2. The first-order valence-corrected chi connectivity index (χ1v) is 6.45. The number of hydrogen-bond acceptors (Lipinski definition) is 3. The van der Waals surface area contributed by atoms with E-state index < -0.39 is 29.0 Å². The highest BCUT2D eigenvalue weighted by atomic mass is 16.4. The topological polar surface area (TPSA) is 113 Å². The van der Waals surface area contributed by atoms with E-state index in [0.717, 1.165) is 0 Å². The van der Waals surface area contributed by atoms with Crippen molar-refractivity contribution in [2.75, 3.05) is 6.54 Å². The van der Waals surface area contributed by atoms with E-state index >= 15 is 0 Å². The predicted octanol–water partition coefficient (Wildman–Crippen LogP) is 0.925. The number of carboxylic acids is 1. The molecule has 0 aliphatic carbocycles. The van der Waals surface area contributed by atoms with E-state index in [2.05, 4.69) is 5.32 Å². The molecule has 7 nitrogen and oxygen atoms in total. The molecule has 0 spiro atoms. The summed E-state index contributed by atoms with van der Waals surface area (Å²) in [5.74, 6) is -1.48. The lowest BCUT2D eigenvalue weighted by Crippen LogP contribution is -2.56. The Hall–Kier alpha value is -1.79. The van der Waals surface area contributed by atoms with Gasteiger partial charge in [0.25, 0.3) is 0 Å². The van der Waals surface area contributed by atoms with Crippen LogP contribution < -0.4 is 11.1 Å². The fourth-order valence-electron chi connectivity index (χ4n) is 1.79. The van der Waals surface area contributed by atoms with E-state index in [9.17, 15) is 14.4 Å². The Morgan fingerprint density at radius 1 is 1.15 bits per heavy atom. The summed E-state index contributed by atoms with van der Waals surface area (Å²) in [5.41, 5.74) is 3.83. The Kier molecular flexibility index (Phi) is 5.99. The van der Waals surface area contributed by atoms with Gasteiger partial charge in [-0.05, 0) is 34.6 Å².